The molecule has 4 rings (SSSR count). The molecule has 1 aromatic heterocycles. The highest BCUT2D eigenvalue weighted by Crippen LogP contribution is 2.31. The number of hydrogen-bond acceptors (Lipinski definition) is 5. The van der Waals surface area contributed by atoms with Crippen LogP contribution in [0.25, 0.3) is 10.2 Å². The van der Waals surface area contributed by atoms with Gasteiger partial charge in [-0.25, -0.2) is 9.37 Å². The molecule has 0 unspecified atom stereocenters. The van der Waals surface area contributed by atoms with E-state index in [-0.39, 0.29) is 11.7 Å². The second kappa shape index (κ2) is 8.43. The van der Waals surface area contributed by atoms with E-state index in [0.29, 0.717) is 12.1 Å². The first kappa shape index (κ1) is 19.1. The van der Waals surface area contributed by atoms with Crippen molar-refractivity contribution in [2.24, 2.45) is 0 Å². The summed E-state index contributed by atoms with van der Waals surface area (Å²) in [4.78, 5) is 21.4. The van der Waals surface area contributed by atoms with Gasteiger partial charge >= 0.3 is 0 Å². The lowest BCUT2D eigenvalue weighted by molar-refractivity contribution is 0.0947. The van der Waals surface area contributed by atoms with Gasteiger partial charge < -0.3 is 10.2 Å². The summed E-state index contributed by atoms with van der Waals surface area (Å²) < 4.78 is 14.0. The fourth-order valence-electron chi connectivity index (χ4n) is 3.22. The predicted molar refractivity (Wildman–Crippen MR) is 112 cm³/mol. The third kappa shape index (κ3) is 4.43. The lowest BCUT2D eigenvalue weighted by Gasteiger charge is -2.34. The van der Waals surface area contributed by atoms with Crippen molar-refractivity contribution in [3.8, 4) is 0 Å². The Morgan fingerprint density at radius 1 is 1.14 bits per heavy atom. The molecule has 146 valence electrons. The summed E-state index contributed by atoms with van der Waals surface area (Å²) in [7, 11) is 0. The Labute approximate surface area is 171 Å². The van der Waals surface area contributed by atoms with E-state index >= 15 is 0 Å². The van der Waals surface area contributed by atoms with E-state index in [4.69, 9.17) is 16.6 Å². The van der Waals surface area contributed by atoms with Crippen LogP contribution in [0.3, 0.4) is 0 Å². The molecule has 0 aliphatic carbocycles. The van der Waals surface area contributed by atoms with Gasteiger partial charge in [-0.3, -0.25) is 9.69 Å². The molecule has 2 heterocycles. The van der Waals surface area contributed by atoms with Gasteiger partial charge in [0.05, 0.1) is 10.2 Å². The highest BCUT2D eigenvalue weighted by Gasteiger charge is 2.20. The summed E-state index contributed by atoms with van der Waals surface area (Å²) >= 11 is 7.73. The van der Waals surface area contributed by atoms with Gasteiger partial charge in [-0.15, -0.1) is 0 Å². The number of amides is 1. The van der Waals surface area contributed by atoms with Crippen LogP contribution in [0.1, 0.15) is 10.4 Å². The number of halogens is 2. The maximum absolute atomic E-state index is 12.9. The van der Waals surface area contributed by atoms with E-state index in [2.05, 4.69) is 15.1 Å². The lowest BCUT2D eigenvalue weighted by Crippen LogP contribution is -2.48. The predicted octanol–water partition coefficient (Wildman–Crippen LogP) is 3.64. The van der Waals surface area contributed by atoms with Gasteiger partial charge in [0.25, 0.3) is 5.91 Å². The summed E-state index contributed by atoms with van der Waals surface area (Å²) in [6.45, 7) is 5.00. The van der Waals surface area contributed by atoms with Crippen LogP contribution in [0.4, 0.5) is 9.52 Å². The minimum Gasteiger partial charge on any atom is -0.351 e. The molecular formula is C20H20ClFN4OS. The minimum atomic E-state index is -0.342. The Hall–Kier alpha value is -2.22. The summed E-state index contributed by atoms with van der Waals surface area (Å²) in [6.07, 6.45) is 0. The monoisotopic (exact) mass is 418 g/mol. The van der Waals surface area contributed by atoms with E-state index in [9.17, 15) is 9.18 Å². The molecule has 1 amide bonds. The van der Waals surface area contributed by atoms with Crippen LogP contribution in [0, 0.1) is 5.82 Å². The summed E-state index contributed by atoms with van der Waals surface area (Å²) in [6, 6.07) is 11.4. The highest BCUT2D eigenvalue weighted by atomic mass is 35.5. The van der Waals surface area contributed by atoms with E-state index in [1.165, 1.54) is 24.3 Å². The van der Waals surface area contributed by atoms with Crippen LogP contribution in [0.2, 0.25) is 5.02 Å². The van der Waals surface area contributed by atoms with E-state index in [1.54, 1.807) is 11.3 Å². The number of piperazine rings is 1. The van der Waals surface area contributed by atoms with Crippen LogP contribution in [0.5, 0.6) is 0 Å². The van der Waals surface area contributed by atoms with Crippen LogP contribution >= 0.6 is 22.9 Å². The molecule has 8 heteroatoms. The van der Waals surface area contributed by atoms with Gasteiger partial charge in [-0.2, -0.15) is 0 Å². The largest absolute Gasteiger partial charge is 0.351 e. The summed E-state index contributed by atoms with van der Waals surface area (Å²) in [5.74, 6) is -0.516. The zero-order chi connectivity index (χ0) is 19.5. The Bertz CT molecular complexity index is 970. The number of benzene rings is 2. The van der Waals surface area contributed by atoms with Crippen molar-refractivity contribution in [2.45, 2.75) is 0 Å². The molecule has 1 saturated heterocycles. The molecule has 1 fully saturated rings. The smallest absolute Gasteiger partial charge is 0.251 e. The first-order chi connectivity index (χ1) is 13.6. The summed E-state index contributed by atoms with van der Waals surface area (Å²) in [5, 5.41) is 4.65. The Kier molecular flexibility index (Phi) is 5.75. The standard InChI is InChI=1S/C20H20ClFN4OS/c21-15-3-6-17-18(13-15)28-20(24-17)26-11-9-25(10-12-26)8-7-23-19(27)14-1-4-16(22)5-2-14/h1-6,13H,7-12H2,(H,23,27). The Morgan fingerprint density at radius 2 is 1.89 bits per heavy atom. The highest BCUT2D eigenvalue weighted by molar-refractivity contribution is 7.22. The van der Waals surface area contributed by atoms with Gasteiger partial charge in [0.1, 0.15) is 5.82 Å². The quantitative estimate of drug-likeness (QED) is 0.687. The Balaban J connectivity index is 1.24. The maximum atomic E-state index is 12.9. The first-order valence-electron chi connectivity index (χ1n) is 9.16. The Morgan fingerprint density at radius 3 is 2.64 bits per heavy atom. The van der Waals surface area contributed by atoms with E-state index in [1.807, 2.05) is 18.2 Å². The van der Waals surface area contributed by atoms with E-state index in [0.717, 1.165) is 53.1 Å². The normalized spacial score (nSPS) is 15.1. The van der Waals surface area contributed by atoms with Gasteiger partial charge in [0.15, 0.2) is 5.13 Å². The molecule has 0 atom stereocenters. The third-order valence-corrected chi connectivity index (χ3v) is 6.12. The lowest BCUT2D eigenvalue weighted by atomic mass is 10.2. The number of nitrogens with one attached hydrogen (secondary N) is 1. The number of carbonyl (C=O) groups excluding carboxylic acids is 1. The van der Waals surface area contributed by atoms with Gasteiger partial charge in [-0.05, 0) is 42.5 Å². The van der Waals surface area contributed by atoms with Gasteiger partial charge in [0, 0.05) is 49.9 Å². The molecule has 1 N–H and O–H groups in total. The van der Waals surface area contributed by atoms with Crippen molar-refractivity contribution in [2.75, 3.05) is 44.2 Å². The number of thiazole rings is 1. The van der Waals surface area contributed by atoms with Crippen molar-refractivity contribution in [3.05, 3.63) is 58.9 Å². The van der Waals surface area contributed by atoms with Crippen LogP contribution in [0.15, 0.2) is 42.5 Å². The average molecular weight is 419 g/mol. The zero-order valence-corrected chi connectivity index (χ0v) is 16.8. The fraction of sp³-hybridized carbons (Fsp3) is 0.300. The molecule has 5 nitrogen and oxygen atoms in total. The fourth-order valence-corrected chi connectivity index (χ4v) is 4.51. The number of hydrogen-bond donors (Lipinski definition) is 1. The molecule has 0 radical (unpaired) electrons. The minimum absolute atomic E-state index is 0.174. The van der Waals surface area contributed by atoms with Gasteiger partial charge in [-0.1, -0.05) is 22.9 Å². The molecule has 1 aliphatic rings. The van der Waals surface area contributed by atoms with Crippen molar-refractivity contribution in [1.29, 1.82) is 0 Å². The second-order valence-corrected chi connectivity index (χ2v) is 8.15. The molecular weight excluding hydrogens is 399 g/mol. The van der Waals surface area contributed by atoms with Crippen LogP contribution in [-0.4, -0.2) is 55.1 Å². The molecule has 0 saturated carbocycles. The maximum Gasteiger partial charge on any atom is 0.251 e. The SMILES string of the molecule is O=C(NCCN1CCN(c2nc3ccc(Cl)cc3s2)CC1)c1ccc(F)cc1. The topological polar surface area (TPSA) is 48.5 Å². The first-order valence-corrected chi connectivity index (χ1v) is 10.3. The number of anilines is 1. The molecule has 3 aromatic rings. The average Bonchev–Trinajstić information content (AvgIpc) is 3.12. The number of aromatic nitrogens is 1. The van der Waals surface area contributed by atoms with Crippen molar-refractivity contribution < 1.29 is 9.18 Å². The third-order valence-electron chi connectivity index (χ3n) is 4.80. The van der Waals surface area contributed by atoms with E-state index < -0.39 is 0 Å². The zero-order valence-electron chi connectivity index (χ0n) is 15.2. The van der Waals surface area contributed by atoms with Crippen LogP contribution < -0.4 is 10.2 Å². The molecule has 1 aliphatic heterocycles. The molecule has 0 bridgehead atoms. The van der Waals surface area contributed by atoms with Crippen molar-refractivity contribution in [3.63, 3.8) is 0 Å². The number of carbonyl (C=O) groups is 1. The van der Waals surface area contributed by atoms with Gasteiger partial charge in [0.2, 0.25) is 0 Å². The second-order valence-electron chi connectivity index (χ2n) is 6.70. The van der Waals surface area contributed by atoms with Crippen LogP contribution in [-0.2, 0) is 0 Å². The number of fused-ring (bicyclic) bond motifs is 1. The van der Waals surface area contributed by atoms with Crippen molar-refractivity contribution >= 4 is 44.2 Å². The van der Waals surface area contributed by atoms with Crippen molar-refractivity contribution in [1.82, 2.24) is 15.2 Å². The number of rotatable bonds is 5. The molecule has 0 spiro atoms. The summed E-state index contributed by atoms with van der Waals surface area (Å²) in [5.41, 5.74) is 1.46. The number of nitrogens with zero attached hydrogens (tertiary/aromatic N) is 3. The molecule has 2 aromatic carbocycles. The molecule has 28 heavy (non-hydrogen) atoms.